The number of halogens is 3. The summed E-state index contributed by atoms with van der Waals surface area (Å²) >= 11 is 3.30. The van der Waals surface area contributed by atoms with Crippen molar-refractivity contribution in [2.75, 3.05) is 26.2 Å². The van der Waals surface area contributed by atoms with Crippen LogP contribution in [0.5, 0.6) is 0 Å². The fourth-order valence-corrected chi connectivity index (χ4v) is 3.53. The Hall–Kier alpha value is -0.160. The van der Waals surface area contributed by atoms with Crippen LogP contribution < -0.4 is 5.32 Å². The third-order valence-corrected chi connectivity index (χ3v) is 4.75. The standard InChI is InChI=1S/C14H18BrFN2.ClH/c15-12-2-1-11(13(16)7-12)8-18-6-4-14(10-18)3-5-17-9-14;/h1-2,7,17H,3-6,8-10H2;1H. The molecule has 3 rings (SSSR count). The molecule has 1 atom stereocenters. The van der Waals surface area contributed by atoms with Crippen LogP contribution in [-0.4, -0.2) is 31.1 Å². The van der Waals surface area contributed by atoms with Crippen molar-refractivity contribution in [2.45, 2.75) is 19.4 Å². The van der Waals surface area contributed by atoms with Crippen molar-refractivity contribution in [3.8, 4) is 0 Å². The average molecular weight is 350 g/mol. The molecule has 0 saturated carbocycles. The van der Waals surface area contributed by atoms with Gasteiger partial charge in [-0.2, -0.15) is 0 Å². The normalized spacial score (nSPS) is 26.8. The molecule has 0 aromatic heterocycles. The minimum atomic E-state index is -0.102. The number of benzene rings is 1. The van der Waals surface area contributed by atoms with E-state index >= 15 is 0 Å². The number of likely N-dealkylation sites (tertiary alicyclic amines) is 1. The molecule has 1 N–H and O–H groups in total. The lowest BCUT2D eigenvalue weighted by atomic mass is 9.86. The molecule has 0 bridgehead atoms. The molecule has 2 aliphatic rings. The molecule has 2 aliphatic heterocycles. The van der Waals surface area contributed by atoms with E-state index in [2.05, 4.69) is 26.1 Å². The molecular formula is C14H19BrClFN2. The number of hydrogen-bond donors (Lipinski definition) is 1. The highest BCUT2D eigenvalue weighted by Gasteiger charge is 2.40. The molecule has 1 spiro atoms. The van der Waals surface area contributed by atoms with Gasteiger partial charge < -0.3 is 5.32 Å². The van der Waals surface area contributed by atoms with Crippen molar-refractivity contribution < 1.29 is 4.39 Å². The molecule has 1 unspecified atom stereocenters. The third kappa shape index (κ3) is 3.30. The second-order valence-corrected chi connectivity index (χ2v) is 6.54. The lowest BCUT2D eigenvalue weighted by Crippen LogP contribution is -2.29. The molecule has 19 heavy (non-hydrogen) atoms. The summed E-state index contributed by atoms with van der Waals surface area (Å²) < 4.78 is 14.6. The van der Waals surface area contributed by atoms with Gasteiger partial charge in [-0.15, -0.1) is 12.4 Å². The summed E-state index contributed by atoms with van der Waals surface area (Å²) in [6.07, 6.45) is 2.52. The van der Waals surface area contributed by atoms with E-state index in [-0.39, 0.29) is 18.2 Å². The lowest BCUT2D eigenvalue weighted by molar-refractivity contribution is 0.266. The minimum absolute atomic E-state index is 0. The fourth-order valence-electron chi connectivity index (χ4n) is 3.20. The summed E-state index contributed by atoms with van der Waals surface area (Å²) in [5.74, 6) is -0.102. The highest BCUT2D eigenvalue weighted by Crippen LogP contribution is 2.36. The van der Waals surface area contributed by atoms with Gasteiger partial charge in [0.15, 0.2) is 0 Å². The lowest BCUT2D eigenvalue weighted by Gasteiger charge is -2.23. The first-order valence-corrected chi connectivity index (χ1v) is 7.33. The van der Waals surface area contributed by atoms with Crippen molar-refractivity contribution in [1.29, 1.82) is 0 Å². The predicted molar refractivity (Wildman–Crippen MR) is 81.2 cm³/mol. The summed E-state index contributed by atoms with van der Waals surface area (Å²) in [6.45, 7) is 5.21. The van der Waals surface area contributed by atoms with Gasteiger partial charge in [0.2, 0.25) is 0 Å². The molecule has 2 heterocycles. The van der Waals surface area contributed by atoms with Crippen molar-refractivity contribution in [2.24, 2.45) is 5.41 Å². The van der Waals surface area contributed by atoms with Gasteiger partial charge in [-0.3, -0.25) is 4.90 Å². The van der Waals surface area contributed by atoms with Gasteiger partial charge in [0, 0.05) is 29.7 Å². The Kier molecular flexibility index (Phi) is 4.88. The van der Waals surface area contributed by atoms with Gasteiger partial charge in [-0.1, -0.05) is 22.0 Å². The SMILES string of the molecule is Cl.Fc1cc(Br)ccc1CN1CCC2(CCNC2)C1. The van der Waals surface area contributed by atoms with Gasteiger partial charge in [0.25, 0.3) is 0 Å². The quantitative estimate of drug-likeness (QED) is 0.882. The molecular weight excluding hydrogens is 331 g/mol. The van der Waals surface area contributed by atoms with Crippen LogP contribution in [0.25, 0.3) is 0 Å². The second kappa shape index (κ2) is 6.08. The Bertz CT molecular complexity index is 449. The highest BCUT2D eigenvalue weighted by molar-refractivity contribution is 9.10. The summed E-state index contributed by atoms with van der Waals surface area (Å²) in [5.41, 5.74) is 1.27. The zero-order chi connectivity index (χ0) is 12.6. The molecule has 0 aliphatic carbocycles. The topological polar surface area (TPSA) is 15.3 Å². The van der Waals surface area contributed by atoms with E-state index in [0.29, 0.717) is 5.41 Å². The first kappa shape index (κ1) is 15.2. The van der Waals surface area contributed by atoms with Crippen molar-refractivity contribution in [1.82, 2.24) is 10.2 Å². The molecule has 0 radical (unpaired) electrons. The number of rotatable bonds is 2. The van der Waals surface area contributed by atoms with Crippen LogP contribution in [0.1, 0.15) is 18.4 Å². The molecule has 0 amide bonds. The Balaban J connectivity index is 0.00000133. The second-order valence-electron chi connectivity index (χ2n) is 5.62. The zero-order valence-electron chi connectivity index (χ0n) is 10.8. The third-order valence-electron chi connectivity index (χ3n) is 4.26. The molecule has 5 heteroatoms. The Morgan fingerprint density at radius 2 is 2.21 bits per heavy atom. The van der Waals surface area contributed by atoms with Gasteiger partial charge >= 0.3 is 0 Å². The monoisotopic (exact) mass is 348 g/mol. The summed E-state index contributed by atoms with van der Waals surface area (Å²) in [4.78, 5) is 2.39. The van der Waals surface area contributed by atoms with Crippen LogP contribution in [0.2, 0.25) is 0 Å². The molecule has 1 aromatic rings. The first-order valence-electron chi connectivity index (χ1n) is 6.54. The van der Waals surface area contributed by atoms with Crippen LogP contribution in [0.3, 0.4) is 0 Å². The predicted octanol–water partition coefficient (Wildman–Crippen LogP) is 3.20. The van der Waals surface area contributed by atoms with Crippen LogP contribution >= 0.6 is 28.3 Å². The van der Waals surface area contributed by atoms with E-state index in [9.17, 15) is 4.39 Å². The van der Waals surface area contributed by atoms with Gasteiger partial charge in [0.05, 0.1) is 0 Å². The van der Waals surface area contributed by atoms with E-state index < -0.39 is 0 Å². The Morgan fingerprint density at radius 3 is 2.89 bits per heavy atom. The van der Waals surface area contributed by atoms with E-state index in [0.717, 1.165) is 42.8 Å². The highest BCUT2D eigenvalue weighted by atomic mass is 79.9. The molecule has 2 fully saturated rings. The Morgan fingerprint density at radius 1 is 1.37 bits per heavy atom. The zero-order valence-corrected chi connectivity index (χ0v) is 13.2. The van der Waals surface area contributed by atoms with Crippen molar-refractivity contribution in [3.63, 3.8) is 0 Å². The maximum atomic E-state index is 13.8. The minimum Gasteiger partial charge on any atom is -0.316 e. The van der Waals surface area contributed by atoms with Crippen LogP contribution in [-0.2, 0) is 6.54 Å². The maximum Gasteiger partial charge on any atom is 0.128 e. The largest absolute Gasteiger partial charge is 0.316 e. The van der Waals surface area contributed by atoms with Gasteiger partial charge in [-0.25, -0.2) is 4.39 Å². The molecule has 1 aromatic carbocycles. The summed E-state index contributed by atoms with van der Waals surface area (Å²) in [6, 6.07) is 5.36. The van der Waals surface area contributed by atoms with Crippen LogP contribution in [0.15, 0.2) is 22.7 Å². The first-order chi connectivity index (χ1) is 8.67. The smallest absolute Gasteiger partial charge is 0.128 e. The molecule has 106 valence electrons. The summed E-state index contributed by atoms with van der Waals surface area (Å²) in [5, 5.41) is 3.45. The Labute approximate surface area is 128 Å². The fraction of sp³-hybridized carbons (Fsp3) is 0.571. The van der Waals surface area contributed by atoms with E-state index in [1.54, 1.807) is 6.07 Å². The molecule has 2 saturated heterocycles. The van der Waals surface area contributed by atoms with Crippen molar-refractivity contribution in [3.05, 3.63) is 34.1 Å². The van der Waals surface area contributed by atoms with Crippen LogP contribution in [0.4, 0.5) is 4.39 Å². The molecule has 2 nitrogen and oxygen atoms in total. The van der Waals surface area contributed by atoms with Gasteiger partial charge in [0.1, 0.15) is 5.82 Å². The number of hydrogen-bond acceptors (Lipinski definition) is 2. The van der Waals surface area contributed by atoms with E-state index in [1.807, 2.05) is 12.1 Å². The van der Waals surface area contributed by atoms with Crippen LogP contribution in [0, 0.1) is 11.2 Å². The van der Waals surface area contributed by atoms with E-state index in [4.69, 9.17) is 0 Å². The average Bonchev–Trinajstić information content (AvgIpc) is 2.94. The summed E-state index contributed by atoms with van der Waals surface area (Å²) in [7, 11) is 0. The van der Waals surface area contributed by atoms with Crippen molar-refractivity contribution >= 4 is 28.3 Å². The number of nitrogens with one attached hydrogen (secondary N) is 1. The van der Waals surface area contributed by atoms with Gasteiger partial charge in [-0.05, 0) is 43.5 Å². The number of nitrogens with zero attached hydrogens (tertiary/aromatic N) is 1. The van der Waals surface area contributed by atoms with E-state index in [1.165, 1.54) is 12.8 Å². The maximum absolute atomic E-state index is 13.8.